The number of methoxy groups -OCH3 is 1. The molecule has 0 heterocycles. The molecule has 0 saturated heterocycles. The molecule has 0 bridgehead atoms. The molecular formula is C19H19NO6. The van der Waals surface area contributed by atoms with Gasteiger partial charge in [0.2, 0.25) is 5.78 Å². The minimum atomic E-state index is -0.943. The van der Waals surface area contributed by atoms with Crippen LogP contribution in [-0.4, -0.2) is 37.5 Å². The Morgan fingerprint density at radius 1 is 0.923 bits per heavy atom. The molecule has 0 radical (unpaired) electrons. The summed E-state index contributed by atoms with van der Waals surface area (Å²) in [4.78, 5) is 35.2. The average Bonchev–Trinajstić information content (AvgIpc) is 2.66. The first kappa shape index (κ1) is 19.0. The molecule has 0 fully saturated rings. The number of Topliss-reactive ketones (excluding diaryl/α,β-unsaturated/α-hetero) is 1. The first-order valence-corrected chi connectivity index (χ1v) is 7.81. The summed E-state index contributed by atoms with van der Waals surface area (Å²) in [5.74, 6) is -0.532. The highest BCUT2D eigenvalue weighted by Crippen LogP contribution is 2.16. The van der Waals surface area contributed by atoms with Crippen LogP contribution in [0.25, 0.3) is 0 Å². The summed E-state index contributed by atoms with van der Waals surface area (Å²) >= 11 is 0. The summed E-state index contributed by atoms with van der Waals surface area (Å²) in [6, 6.07) is 12.5. The number of amides is 1. The number of ether oxygens (including phenoxy) is 3. The van der Waals surface area contributed by atoms with Crippen molar-refractivity contribution in [3.63, 3.8) is 0 Å². The molecule has 0 spiro atoms. The van der Waals surface area contributed by atoms with Gasteiger partial charge in [-0.05, 0) is 55.5 Å². The van der Waals surface area contributed by atoms with Gasteiger partial charge in [0.25, 0.3) is 5.91 Å². The van der Waals surface area contributed by atoms with Gasteiger partial charge >= 0.3 is 5.97 Å². The lowest BCUT2D eigenvalue weighted by atomic mass is 10.1. The average molecular weight is 357 g/mol. The zero-order chi connectivity index (χ0) is 19.1. The number of hydrogen-bond donors (Lipinski definition) is 1. The van der Waals surface area contributed by atoms with Crippen molar-refractivity contribution >= 4 is 17.7 Å². The smallest absolute Gasteiger partial charge is 0.338 e. The summed E-state index contributed by atoms with van der Waals surface area (Å²) in [5, 5.41) is 0. The van der Waals surface area contributed by atoms with Crippen molar-refractivity contribution < 1.29 is 28.6 Å². The van der Waals surface area contributed by atoms with Crippen molar-refractivity contribution in [1.29, 1.82) is 0 Å². The predicted molar refractivity (Wildman–Crippen MR) is 93.3 cm³/mol. The molecule has 136 valence electrons. The van der Waals surface area contributed by atoms with Gasteiger partial charge < -0.3 is 19.9 Å². The van der Waals surface area contributed by atoms with Gasteiger partial charge in [0.05, 0.1) is 12.7 Å². The van der Waals surface area contributed by atoms with E-state index in [2.05, 4.69) is 0 Å². The number of nitrogens with two attached hydrogens (primary N) is 1. The van der Waals surface area contributed by atoms with Crippen LogP contribution in [0.2, 0.25) is 0 Å². The molecule has 2 N–H and O–H groups in total. The molecule has 26 heavy (non-hydrogen) atoms. The third-order valence-electron chi connectivity index (χ3n) is 3.50. The van der Waals surface area contributed by atoms with E-state index in [1.165, 1.54) is 38.3 Å². The molecule has 2 aromatic carbocycles. The lowest BCUT2D eigenvalue weighted by Crippen LogP contribution is -2.24. The molecule has 7 nitrogen and oxygen atoms in total. The van der Waals surface area contributed by atoms with Crippen molar-refractivity contribution in [2.24, 2.45) is 5.73 Å². The van der Waals surface area contributed by atoms with E-state index in [1.807, 2.05) is 0 Å². The van der Waals surface area contributed by atoms with Gasteiger partial charge in [-0.3, -0.25) is 9.59 Å². The lowest BCUT2D eigenvalue weighted by molar-refractivity contribution is -0.119. The molecule has 0 saturated carbocycles. The zero-order valence-electron chi connectivity index (χ0n) is 14.4. The Bertz CT molecular complexity index is 783. The van der Waals surface area contributed by atoms with Crippen LogP contribution >= 0.6 is 0 Å². The number of carbonyl (C=O) groups excluding carboxylic acids is 3. The van der Waals surface area contributed by atoms with Gasteiger partial charge in [0.15, 0.2) is 12.7 Å². The highest BCUT2D eigenvalue weighted by molar-refractivity contribution is 6.01. The molecule has 2 rings (SSSR count). The number of primary amides is 1. The zero-order valence-corrected chi connectivity index (χ0v) is 14.4. The van der Waals surface area contributed by atoms with E-state index in [0.717, 1.165) is 0 Å². The first-order valence-electron chi connectivity index (χ1n) is 7.81. The van der Waals surface area contributed by atoms with Gasteiger partial charge in [-0.1, -0.05) is 0 Å². The van der Waals surface area contributed by atoms with Crippen molar-refractivity contribution in [2.45, 2.75) is 13.0 Å². The van der Waals surface area contributed by atoms with E-state index in [1.54, 1.807) is 24.3 Å². The van der Waals surface area contributed by atoms with Crippen LogP contribution in [0.1, 0.15) is 27.6 Å². The monoisotopic (exact) mass is 357 g/mol. The van der Waals surface area contributed by atoms with Crippen molar-refractivity contribution in [3.05, 3.63) is 59.7 Å². The van der Waals surface area contributed by atoms with Crippen molar-refractivity contribution in [3.8, 4) is 11.5 Å². The third-order valence-corrected chi connectivity index (χ3v) is 3.50. The van der Waals surface area contributed by atoms with E-state index < -0.39 is 18.0 Å². The van der Waals surface area contributed by atoms with Gasteiger partial charge in [0, 0.05) is 5.56 Å². The molecular weight excluding hydrogens is 338 g/mol. The number of ketones is 1. The van der Waals surface area contributed by atoms with Gasteiger partial charge in [-0.15, -0.1) is 0 Å². The fourth-order valence-corrected chi connectivity index (χ4v) is 2.11. The second-order valence-corrected chi connectivity index (χ2v) is 5.42. The molecule has 2 aromatic rings. The molecule has 0 aromatic heterocycles. The number of hydrogen-bond acceptors (Lipinski definition) is 6. The molecule has 1 amide bonds. The lowest BCUT2D eigenvalue weighted by Gasteiger charge is -2.13. The Labute approximate surface area is 150 Å². The third kappa shape index (κ3) is 5.07. The maximum Gasteiger partial charge on any atom is 0.338 e. The SMILES string of the molecule is COc1ccc(C(=O)[C@@H](C)OC(=O)c2ccc(OCC(N)=O)cc2)cc1. The van der Waals surface area contributed by atoms with Gasteiger partial charge in [0.1, 0.15) is 11.5 Å². The van der Waals surface area contributed by atoms with Crippen molar-refractivity contribution in [1.82, 2.24) is 0 Å². The molecule has 0 aliphatic carbocycles. The summed E-state index contributed by atoms with van der Waals surface area (Å²) in [7, 11) is 1.53. The Morgan fingerprint density at radius 2 is 1.46 bits per heavy atom. The summed E-state index contributed by atoms with van der Waals surface area (Å²) < 4.78 is 15.4. The summed E-state index contributed by atoms with van der Waals surface area (Å²) in [6.45, 7) is 1.26. The fraction of sp³-hybridized carbons (Fsp3) is 0.211. The second kappa shape index (κ2) is 8.66. The van der Waals surface area contributed by atoms with E-state index in [0.29, 0.717) is 17.1 Å². The summed E-state index contributed by atoms with van der Waals surface area (Å²) in [5.41, 5.74) is 5.66. The van der Waals surface area contributed by atoms with Crippen LogP contribution < -0.4 is 15.2 Å². The van der Waals surface area contributed by atoms with Crippen LogP contribution in [0, 0.1) is 0 Å². The number of esters is 1. The highest BCUT2D eigenvalue weighted by atomic mass is 16.5. The molecule has 1 atom stereocenters. The molecule has 0 aliphatic rings. The molecule has 7 heteroatoms. The van der Waals surface area contributed by atoms with E-state index in [4.69, 9.17) is 19.9 Å². The largest absolute Gasteiger partial charge is 0.497 e. The van der Waals surface area contributed by atoms with E-state index >= 15 is 0 Å². The highest BCUT2D eigenvalue weighted by Gasteiger charge is 2.20. The minimum Gasteiger partial charge on any atom is -0.497 e. The summed E-state index contributed by atoms with van der Waals surface area (Å²) in [6.07, 6.45) is -0.943. The predicted octanol–water partition coefficient (Wildman–Crippen LogP) is 1.99. The maximum atomic E-state index is 12.3. The van der Waals surface area contributed by atoms with Crippen LogP contribution in [0.3, 0.4) is 0 Å². The van der Waals surface area contributed by atoms with E-state index in [9.17, 15) is 14.4 Å². The minimum absolute atomic E-state index is 0.253. The van der Waals surface area contributed by atoms with Crippen LogP contribution in [0.4, 0.5) is 0 Å². The topological polar surface area (TPSA) is 105 Å². The Hall–Kier alpha value is -3.35. The standard InChI is InChI=1S/C19H19NO6/c1-12(18(22)13-3-7-15(24-2)8-4-13)26-19(23)14-5-9-16(10-6-14)25-11-17(20)21/h3-10,12H,11H2,1-2H3,(H2,20,21)/t12-/m1/s1. The second-order valence-electron chi connectivity index (χ2n) is 5.42. The number of rotatable bonds is 8. The van der Waals surface area contributed by atoms with Gasteiger partial charge in [-0.25, -0.2) is 4.79 Å². The Balaban J connectivity index is 1.96. The quantitative estimate of drug-likeness (QED) is 0.572. The fourth-order valence-electron chi connectivity index (χ4n) is 2.11. The Morgan fingerprint density at radius 3 is 2.00 bits per heavy atom. The molecule has 0 aliphatic heterocycles. The van der Waals surface area contributed by atoms with Crippen LogP contribution in [-0.2, 0) is 9.53 Å². The maximum absolute atomic E-state index is 12.3. The first-order chi connectivity index (χ1) is 12.4. The Kier molecular flexibility index (Phi) is 6.32. The van der Waals surface area contributed by atoms with E-state index in [-0.39, 0.29) is 18.0 Å². The van der Waals surface area contributed by atoms with Gasteiger partial charge in [-0.2, -0.15) is 0 Å². The number of carbonyl (C=O) groups is 3. The normalized spacial score (nSPS) is 11.3. The van der Waals surface area contributed by atoms with Crippen LogP contribution in [0.15, 0.2) is 48.5 Å². The van der Waals surface area contributed by atoms with Crippen molar-refractivity contribution in [2.75, 3.05) is 13.7 Å². The number of benzene rings is 2. The molecule has 0 unspecified atom stereocenters. The van der Waals surface area contributed by atoms with Crippen LogP contribution in [0.5, 0.6) is 11.5 Å².